The number of nitrogens with zero attached hydrogens (tertiary/aromatic N) is 2. The third-order valence-electron chi connectivity index (χ3n) is 3.59. The van der Waals surface area contributed by atoms with Crippen LogP contribution in [0.5, 0.6) is 0 Å². The Labute approximate surface area is 121 Å². The minimum absolute atomic E-state index is 0.395. The van der Waals surface area contributed by atoms with Crippen LogP contribution in [0.4, 0.5) is 0 Å². The van der Waals surface area contributed by atoms with Crippen molar-refractivity contribution >= 4 is 0 Å². The lowest BCUT2D eigenvalue weighted by molar-refractivity contribution is 0.166. The second-order valence-corrected chi connectivity index (χ2v) is 6.99. The van der Waals surface area contributed by atoms with Gasteiger partial charge in [0.25, 0.3) is 0 Å². The molecule has 1 N–H and O–H groups in total. The van der Waals surface area contributed by atoms with Gasteiger partial charge in [-0.1, -0.05) is 34.1 Å². The van der Waals surface area contributed by atoms with Crippen molar-refractivity contribution in [2.75, 3.05) is 47.3 Å². The van der Waals surface area contributed by atoms with Crippen LogP contribution < -0.4 is 5.32 Å². The molecule has 1 unspecified atom stereocenters. The molecule has 0 heterocycles. The Bertz CT molecular complexity index is 216. The van der Waals surface area contributed by atoms with Crippen LogP contribution in [0.25, 0.3) is 0 Å². The van der Waals surface area contributed by atoms with Gasteiger partial charge in [0.2, 0.25) is 0 Å². The molecule has 0 saturated carbocycles. The standard InChI is InChI=1S/C16H37N3/c1-8-10-16(4,13-17-15(2)3)14-19(7)12-9-11-18(5)6/h15,17H,8-14H2,1-7H3. The quantitative estimate of drug-likeness (QED) is 0.623. The van der Waals surface area contributed by atoms with Gasteiger partial charge in [-0.3, -0.25) is 0 Å². The largest absolute Gasteiger partial charge is 0.314 e. The van der Waals surface area contributed by atoms with Crippen molar-refractivity contribution in [3.05, 3.63) is 0 Å². The minimum atomic E-state index is 0.395. The zero-order valence-corrected chi connectivity index (χ0v) is 14.4. The Kier molecular flexibility index (Phi) is 9.67. The highest BCUT2D eigenvalue weighted by Crippen LogP contribution is 2.23. The van der Waals surface area contributed by atoms with Crippen LogP contribution in [0.1, 0.15) is 47.0 Å². The van der Waals surface area contributed by atoms with E-state index in [0.717, 1.165) is 6.54 Å². The topological polar surface area (TPSA) is 18.5 Å². The first kappa shape index (κ1) is 18.9. The summed E-state index contributed by atoms with van der Waals surface area (Å²) in [5.41, 5.74) is 0.395. The maximum absolute atomic E-state index is 3.62. The van der Waals surface area contributed by atoms with Gasteiger partial charge in [0.1, 0.15) is 0 Å². The van der Waals surface area contributed by atoms with Crippen LogP contribution in [0.15, 0.2) is 0 Å². The van der Waals surface area contributed by atoms with Crippen molar-refractivity contribution in [3.8, 4) is 0 Å². The molecule has 116 valence electrons. The summed E-state index contributed by atoms with van der Waals surface area (Å²) < 4.78 is 0. The normalized spacial score (nSPS) is 15.5. The molecule has 3 nitrogen and oxygen atoms in total. The van der Waals surface area contributed by atoms with Gasteiger partial charge in [-0.05, 0) is 52.5 Å². The van der Waals surface area contributed by atoms with Gasteiger partial charge in [-0.2, -0.15) is 0 Å². The molecule has 0 aliphatic rings. The fourth-order valence-corrected chi connectivity index (χ4v) is 2.66. The van der Waals surface area contributed by atoms with E-state index in [4.69, 9.17) is 0 Å². The van der Waals surface area contributed by atoms with Crippen molar-refractivity contribution in [1.29, 1.82) is 0 Å². The molecule has 0 aromatic carbocycles. The SMILES string of the molecule is CCCC(C)(CNC(C)C)CN(C)CCCN(C)C. The molecule has 0 radical (unpaired) electrons. The molecule has 19 heavy (non-hydrogen) atoms. The van der Waals surface area contributed by atoms with Crippen molar-refractivity contribution < 1.29 is 0 Å². The third-order valence-corrected chi connectivity index (χ3v) is 3.59. The Morgan fingerprint density at radius 3 is 2.21 bits per heavy atom. The maximum Gasteiger partial charge on any atom is 0.00444 e. The molecule has 0 spiro atoms. The average Bonchev–Trinajstić information content (AvgIpc) is 2.26. The van der Waals surface area contributed by atoms with E-state index in [9.17, 15) is 0 Å². The highest BCUT2D eigenvalue weighted by molar-refractivity contribution is 4.80. The highest BCUT2D eigenvalue weighted by atomic mass is 15.1. The molecule has 1 atom stereocenters. The van der Waals surface area contributed by atoms with Gasteiger partial charge in [0, 0.05) is 19.1 Å². The van der Waals surface area contributed by atoms with Gasteiger partial charge >= 0.3 is 0 Å². The summed E-state index contributed by atoms with van der Waals surface area (Å²) in [6, 6.07) is 0.579. The van der Waals surface area contributed by atoms with Crippen LogP contribution >= 0.6 is 0 Å². The zero-order chi connectivity index (χ0) is 14.9. The fourth-order valence-electron chi connectivity index (χ4n) is 2.66. The van der Waals surface area contributed by atoms with E-state index < -0.39 is 0 Å². The molecule has 0 saturated heterocycles. The third kappa shape index (κ3) is 10.3. The molecule has 0 amide bonds. The molecular weight excluding hydrogens is 234 g/mol. The first-order chi connectivity index (χ1) is 8.79. The Balaban J connectivity index is 4.15. The Hall–Kier alpha value is -0.120. The van der Waals surface area contributed by atoms with Gasteiger partial charge in [-0.25, -0.2) is 0 Å². The summed E-state index contributed by atoms with van der Waals surface area (Å²) in [5, 5.41) is 3.62. The molecule has 0 aromatic heterocycles. The van der Waals surface area contributed by atoms with E-state index in [2.05, 4.69) is 64.0 Å². The van der Waals surface area contributed by atoms with E-state index >= 15 is 0 Å². The maximum atomic E-state index is 3.62. The summed E-state index contributed by atoms with van der Waals surface area (Å²) in [7, 11) is 6.56. The van der Waals surface area contributed by atoms with E-state index in [-0.39, 0.29) is 0 Å². The molecule has 0 aromatic rings. The predicted molar refractivity (Wildman–Crippen MR) is 86.8 cm³/mol. The molecule has 0 fully saturated rings. The van der Waals surface area contributed by atoms with E-state index in [1.54, 1.807) is 0 Å². The molecular formula is C16H37N3. The molecule has 3 heteroatoms. The number of rotatable bonds is 11. The van der Waals surface area contributed by atoms with Crippen molar-refractivity contribution in [3.63, 3.8) is 0 Å². The van der Waals surface area contributed by atoms with Crippen molar-refractivity contribution in [1.82, 2.24) is 15.1 Å². The first-order valence-corrected chi connectivity index (χ1v) is 7.86. The second kappa shape index (κ2) is 9.73. The van der Waals surface area contributed by atoms with E-state index in [1.165, 1.54) is 38.9 Å². The van der Waals surface area contributed by atoms with Crippen LogP contribution in [0.3, 0.4) is 0 Å². The summed E-state index contributed by atoms with van der Waals surface area (Å²) >= 11 is 0. The molecule has 0 aliphatic carbocycles. The van der Waals surface area contributed by atoms with Gasteiger partial charge < -0.3 is 15.1 Å². The van der Waals surface area contributed by atoms with E-state index in [0.29, 0.717) is 11.5 Å². The Morgan fingerprint density at radius 1 is 1.11 bits per heavy atom. The summed E-state index contributed by atoms with van der Waals surface area (Å²) in [6.07, 6.45) is 3.82. The highest BCUT2D eigenvalue weighted by Gasteiger charge is 2.24. The lowest BCUT2D eigenvalue weighted by Gasteiger charge is -2.35. The van der Waals surface area contributed by atoms with Crippen LogP contribution in [0.2, 0.25) is 0 Å². The summed E-state index contributed by atoms with van der Waals surface area (Å²) in [5.74, 6) is 0. The van der Waals surface area contributed by atoms with Crippen LogP contribution in [-0.4, -0.2) is 63.2 Å². The number of hydrogen-bond acceptors (Lipinski definition) is 3. The Morgan fingerprint density at radius 2 is 1.74 bits per heavy atom. The number of nitrogens with one attached hydrogen (secondary N) is 1. The lowest BCUT2D eigenvalue weighted by Crippen LogP contribution is -2.43. The summed E-state index contributed by atoms with van der Waals surface area (Å²) in [4.78, 5) is 4.76. The van der Waals surface area contributed by atoms with Gasteiger partial charge in [-0.15, -0.1) is 0 Å². The summed E-state index contributed by atoms with van der Waals surface area (Å²) in [6.45, 7) is 13.9. The van der Waals surface area contributed by atoms with Gasteiger partial charge in [0.05, 0.1) is 0 Å². The number of hydrogen-bond donors (Lipinski definition) is 1. The first-order valence-electron chi connectivity index (χ1n) is 7.86. The smallest absolute Gasteiger partial charge is 0.00444 e. The predicted octanol–water partition coefficient (Wildman–Crippen LogP) is 2.67. The van der Waals surface area contributed by atoms with Crippen LogP contribution in [-0.2, 0) is 0 Å². The van der Waals surface area contributed by atoms with Gasteiger partial charge in [0.15, 0.2) is 0 Å². The molecule has 0 bridgehead atoms. The zero-order valence-electron chi connectivity index (χ0n) is 14.4. The molecule has 0 aliphatic heterocycles. The second-order valence-electron chi connectivity index (χ2n) is 6.99. The molecule has 0 rings (SSSR count). The minimum Gasteiger partial charge on any atom is -0.314 e. The van der Waals surface area contributed by atoms with Crippen LogP contribution in [0, 0.1) is 5.41 Å². The monoisotopic (exact) mass is 271 g/mol. The van der Waals surface area contributed by atoms with Crippen molar-refractivity contribution in [2.24, 2.45) is 5.41 Å². The lowest BCUT2D eigenvalue weighted by atomic mass is 9.84. The van der Waals surface area contributed by atoms with E-state index in [1.807, 2.05) is 0 Å². The average molecular weight is 271 g/mol. The van der Waals surface area contributed by atoms with Crippen molar-refractivity contribution in [2.45, 2.75) is 53.0 Å². The fraction of sp³-hybridized carbons (Fsp3) is 1.00.